The molecule has 1 N–H and O–H groups in total. The second kappa shape index (κ2) is 10.1. The summed E-state index contributed by atoms with van der Waals surface area (Å²) in [6, 6.07) is 8.08. The van der Waals surface area contributed by atoms with Crippen molar-refractivity contribution in [3.8, 4) is 5.75 Å². The standard InChI is InChI=1S/C24H29F3N4O3/c25-24(26,27)20-8-12-31(29-20)16-21(32)30-13-10-23(11-14-30)9-4-1-5-15-34-19-7-3-2-6-18(19)22(33)28-17-23/h2-3,6-8,12H,1,4-5,9-11,13-17H2,(H,28,33). The number of nitrogens with one attached hydrogen (secondary N) is 1. The number of carbonyl (C=O) groups is 2. The molecule has 2 aromatic rings. The highest BCUT2D eigenvalue weighted by Crippen LogP contribution is 2.37. The zero-order chi connectivity index (χ0) is 24.2. The highest BCUT2D eigenvalue weighted by molar-refractivity contribution is 5.96. The predicted octanol–water partition coefficient (Wildman–Crippen LogP) is 3.89. The lowest BCUT2D eigenvalue weighted by Crippen LogP contribution is -2.48. The van der Waals surface area contributed by atoms with Gasteiger partial charge in [0.1, 0.15) is 12.3 Å². The van der Waals surface area contributed by atoms with E-state index in [0.29, 0.717) is 37.6 Å². The fraction of sp³-hybridized carbons (Fsp3) is 0.542. The number of nitrogens with zero attached hydrogens (tertiary/aromatic N) is 3. The van der Waals surface area contributed by atoms with Crippen molar-refractivity contribution in [1.82, 2.24) is 20.0 Å². The Hall–Kier alpha value is -3.04. The van der Waals surface area contributed by atoms with Crippen molar-refractivity contribution in [2.75, 3.05) is 26.2 Å². The quantitative estimate of drug-likeness (QED) is 0.711. The maximum atomic E-state index is 12.9. The van der Waals surface area contributed by atoms with E-state index in [1.165, 1.54) is 6.20 Å². The summed E-state index contributed by atoms with van der Waals surface area (Å²) in [5.41, 5.74) is -0.603. The third kappa shape index (κ3) is 5.71. The van der Waals surface area contributed by atoms with Crippen molar-refractivity contribution in [1.29, 1.82) is 0 Å². The van der Waals surface area contributed by atoms with Crippen molar-refractivity contribution in [3.05, 3.63) is 47.8 Å². The van der Waals surface area contributed by atoms with Crippen LogP contribution >= 0.6 is 0 Å². The van der Waals surface area contributed by atoms with E-state index in [2.05, 4.69) is 10.4 Å². The Labute approximate surface area is 196 Å². The average Bonchev–Trinajstić information content (AvgIpc) is 3.29. The minimum atomic E-state index is -4.53. The van der Waals surface area contributed by atoms with Crippen molar-refractivity contribution in [3.63, 3.8) is 0 Å². The smallest absolute Gasteiger partial charge is 0.435 e. The highest BCUT2D eigenvalue weighted by atomic mass is 19.4. The number of ether oxygens (including phenoxy) is 1. The summed E-state index contributed by atoms with van der Waals surface area (Å²) < 4.78 is 45.1. The largest absolute Gasteiger partial charge is 0.493 e. The van der Waals surface area contributed by atoms with E-state index in [4.69, 9.17) is 4.74 Å². The van der Waals surface area contributed by atoms with Gasteiger partial charge < -0.3 is 15.0 Å². The Bertz CT molecular complexity index is 1010. The molecule has 1 aromatic carbocycles. The number of aromatic nitrogens is 2. The minimum absolute atomic E-state index is 0.114. The van der Waals surface area contributed by atoms with Crippen LogP contribution in [0.25, 0.3) is 0 Å². The monoisotopic (exact) mass is 478 g/mol. The van der Waals surface area contributed by atoms with Gasteiger partial charge in [-0.05, 0) is 49.3 Å². The number of rotatable bonds is 2. The zero-order valence-electron chi connectivity index (χ0n) is 18.9. The van der Waals surface area contributed by atoms with Gasteiger partial charge >= 0.3 is 6.18 Å². The Balaban J connectivity index is 1.38. The SMILES string of the molecule is O=C1NCC2(CCCCCOc3ccccc31)CCN(C(=O)Cn1ccc(C(F)(F)F)n1)CC2. The summed E-state index contributed by atoms with van der Waals surface area (Å²) in [5.74, 6) is 0.158. The summed E-state index contributed by atoms with van der Waals surface area (Å²) >= 11 is 0. The summed E-state index contributed by atoms with van der Waals surface area (Å²) in [7, 11) is 0. The Kier molecular flexibility index (Phi) is 7.13. The van der Waals surface area contributed by atoms with Gasteiger partial charge in [-0.3, -0.25) is 14.3 Å². The Morgan fingerprint density at radius 1 is 1.09 bits per heavy atom. The second-order valence-electron chi connectivity index (χ2n) is 9.12. The van der Waals surface area contributed by atoms with Crippen LogP contribution in [-0.4, -0.2) is 52.7 Å². The normalized spacial score (nSPS) is 19.4. The van der Waals surface area contributed by atoms with Crippen LogP contribution in [0, 0.1) is 5.41 Å². The van der Waals surface area contributed by atoms with E-state index >= 15 is 0 Å². The van der Waals surface area contributed by atoms with Gasteiger partial charge in [0.25, 0.3) is 5.91 Å². The van der Waals surface area contributed by atoms with Crippen LogP contribution in [0.1, 0.15) is 54.6 Å². The fourth-order valence-electron chi connectivity index (χ4n) is 4.69. The van der Waals surface area contributed by atoms with Crippen molar-refractivity contribution < 1.29 is 27.5 Å². The number of benzene rings is 1. The molecule has 4 rings (SSSR count). The molecule has 1 fully saturated rings. The highest BCUT2D eigenvalue weighted by Gasteiger charge is 2.37. The molecule has 7 nitrogen and oxygen atoms in total. The number of alkyl halides is 3. The molecule has 0 aliphatic carbocycles. The van der Waals surface area contributed by atoms with Crippen LogP contribution in [0.4, 0.5) is 13.2 Å². The number of likely N-dealkylation sites (tertiary alicyclic amines) is 1. The van der Waals surface area contributed by atoms with Gasteiger partial charge in [-0.2, -0.15) is 18.3 Å². The van der Waals surface area contributed by atoms with Crippen molar-refractivity contribution in [2.45, 2.75) is 51.2 Å². The second-order valence-corrected chi connectivity index (χ2v) is 9.12. The van der Waals surface area contributed by atoms with Crippen molar-refractivity contribution >= 4 is 11.8 Å². The first-order valence-corrected chi connectivity index (χ1v) is 11.6. The molecule has 1 aromatic heterocycles. The number of carbonyl (C=O) groups excluding carboxylic acids is 2. The first-order chi connectivity index (χ1) is 16.3. The lowest BCUT2D eigenvalue weighted by molar-refractivity contribution is -0.142. The topological polar surface area (TPSA) is 76.5 Å². The average molecular weight is 479 g/mol. The van der Waals surface area contributed by atoms with E-state index in [9.17, 15) is 22.8 Å². The lowest BCUT2D eigenvalue weighted by Gasteiger charge is -2.42. The van der Waals surface area contributed by atoms with Gasteiger partial charge in [0, 0.05) is 25.8 Å². The summed E-state index contributed by atoms with van der Waals surface area (Å²) in [5, 5.41) is 6.55. The predicted molar refractivity (Wildman–Crippen MR) is 118 cm³/mol. The maximum absolute atomic E-state index is 12.9. The minimum Gasteiger partial charge on any atom is -0.493 e. The van der Waals surface area contributed by atoms with Crippen LogP contribution in [-0.2, 0) is 17.5 Å². The molecule has 0 unspecified atom stereocenters. The number of hydrogen-bond donors (Lipinski definition) is 1. The maximum Gasteiger partial charge on any atom is 0.435 e. The van der Waals surface area contributed by atoms with E-state index in [1.807, 2.05) is 12.1 Å². The molecular weight excluding hydrogens is 449 g/mol. The van der Waals surface area contributed by atoms with E-state index in [0.717, 1.165) is 49.3 Å². The number of para-hydroxylation sites is 1. The molecular formula is C24H29F3N4O3. The van der Waals surface area contributed by atoms with Crippen LogP contribution in [0.3, 0.4) is 0 Å². The number of amides is 2. The first-order valence-electron chi connectivity index (χ1n) is 11.6. The van der Waals surface area contributed by atoms with Crippen molar-refractivity contribution in [2.24, 2.45) is 5.41 Å². The molecule has 10 heteroatoms. The molecule has 0 atom stereocenters. The van der Waals surface area contributed by atoms with E-state index in [-0.39, 0.29) is 23.8 Å². The van der Waals surface area contributed by atoms with Gasteiger partial charge in [-0.15, -0.1) is 0 Å². The van der Waals surface area contributed by atoms with Gasteiger partial charge in [-0.1, -0.05) is 25.0 Å². The molecule has 2 aliphatic rings. The van der Waals surface area contributed by atoms with Crippen LogP contribution in [0.5, 0.6) is 5.75 Å². The third-order valence-corrected chi connectivity index (χ3v) is 6.77. The molecule has 1 saturated heterocycles. The van der Waals surface area contributed by atoms with E-state index in [1.54, 1.807) is 17.0 Å². The third-order valence-electron chi connectivity index (χ3n) is 6.77. The lowest BCUT2D eigenvalue weighted by atomic mass is 9.74. The van der Waals surface area contributed by atoms with Gasteiger partial charge in [0.05, 0.1) is 12.2 Å². The van der Waals surface area contributed by atoms with E-state index < -0.39 is 11.9 Å². The fourth-order valence-corrected chi connectivity index (χ4v) is 4.69. The number of piperidine rings is 1. The Morgan fingerprint density at radius 2 is 1.85 bits per heavy atom. The summed E-state index contributed by atoms with van der Waals surface area (Å²) in [6.07, 6.45) is 1.95. The molecule has 2 amide bonds. The molecule has 184 valence electrons. The molecule has 2 aliphatic heterocycles. The molecule has 0 bridgehead atoms. The summed E-state index contributed by atoms with van der Waals surface area (Å²) in [6.45, 7) is 1.85. The number of halogens is 3. The summed E-state index contributed by atoms with van der Waals surface area (Å²) in [4.78, 5) is 27.2. The molecule has 0 saturated carbocycles. The van der Waals surface area contributed by atoms with Crippen LogP contribution < -0.4 is 10.1 Å². The molecule has 3 heterocycles. The van der Waals surface area contributed by atoms with Gasteiger partial charge in [0.2, 0.25) is 5.91 Å². The zero-order valence-corrected chi connectivity index (χ0v) is 18.9. The molecule has 1 spiro atoms. The molecule has 0 radical (unpaired) electrons. The number of fused-ring (bicyclic) bond motifs is 1. The van der Waals surface area contributed by atoms with Gasteiger partial charge in [-0.25, -0.2) is 0 Å². The first kappa shape index (κ1) is 24.1. The van der Waals surface area contributed by atoms with Gasteiger partial charge in [0.15, 0.2) is 5.69 Å². The van der Waals surface area contributed by atoms with Crippen LogP contribution in [0.15, 0.2) is 36.5 Å². The Morgan fingerprint density at radius 3 is 2.59 bits per heavy atom. The molecule has 34 heavy (non-hydrogen) atoms. The van der Waals surface area contributed by atoms with Crippen LogP contribution in [0.2, 0.25) is 0 Å². The number of hydrogen-bond acceptors (Lipinski definition) is 4.